The van der Waals surface area contributed by atoms with Gasteiger partial charge in [-0.3, -0.25) is 0 Å². The molecule has 1 saturated heterocycles. The molecule has 1 fully saturated rings. The quantitative estimate of drug-likeness (QED) is 0.851. The van der Waals surface area contributed by atoms with Gasteiger partial charge in [0.1, 0.15) is 0 Å². The van der Waals surface area contributed by atoms with Gasteiger partial charge in [-0.25, -0.2) is 8.42 Å². The molecule has 0 aromatic heterocycles. The first-order valence-electron chi connectivity index (χ1n) is 6.64. The van der Waals surface area contributed by atoms with Crippen LogP contribution in [0.4, 0.5) is 0 Å². The highest BCUT2D eigenvalue weighted by Crippen LogP contribution is 2.33. The van der Waals surface area contributed by atoms with Gasteiger partial charge in [-0.1, -0.05) is 15.9 Å². The van der Waals surface area contributed by atoms with Gasteiger partial charge in [0, 0.05) is 16.6 Å². The number of halogens is 1. The van der Waals surface area contributed by atoms with E-state index >= 15 is 0 Å². The minimum absolute atomic E-state index is 0.185. The summed E-state index contributed by atoms with van der Waals surface area (Å²) in [5.41, 5.74) is 0.629. The molecule has 1 unspecified atom stereocenters. The molecule has 1 aliphatic rings. The minimum atomic E-state index is -2.91. The highest BCUT2D eigenvalue weighted by atomic mass is 79.9. The third-order valence-electron chi connectivity index (χ3n) is 3.76. The Kier molecular flexibility index (Phi) is 4.85. The van der Waals surface area contributed by atoms with Gasteiger partial charge in [-0.05, 0) is 31.0 Å². The Hall–Kier alpha value is -0.790. The molecule has 2 rings (SSSR count). The SMILES string of the molecule is COc1cc(Br)c(CNC2(C)CCS(=O)(=O)C2)cc1OC. The zero-order valence-corrected chi connectivity index (χ0v) is 14.8. The van der Waals surface area contributed by atoms with E-state index in [1.165, 1.54) is 0 Å². The molecule has 0 amide bonds. The van der Waals surface area contributed by atoms with Crippen LogP contribution in [0.2, 0.25) is 0 Å². The molecule has 1 atom stereocenters. The fraction of sp³-hybridized carbons (Fsp3) is 0.571. The van der Waals surface area contributed by atoms with Crippen LogP contribution in [0.5, 0.6) is 11.5 Å². The highest BCUT2D eigenvalue weighted by Gasteiger charge is 2.37. The fourth-order valence-electron chi connectivity index (χ4n) is 2.49. The van der Waals surface area contributed by atoms with Crippen LogP contribution in [0, 0.1) is 0 Å². The first-order valence-corrected chi connectivity index (χ1v) is 9.26. The van der Waals surface area contributed by atoms with Crippen LogP contribution >= 0.6 is 15.9 Å². The van der Waals surface area contributed by atoms with Crippen LogP contribution in [0.25, 0.3) is 0 Å². The number of rotatable bonds is 5. The zero-order chi connectivity index (χ0) is 15.7. The molecular formula is C14H20BrNO4S. The molecule has 1 aliphatic heterocycles. The average Bonchev–Trinajstić information content (AvgIpc) is 2.71. The van der Waals surface area contributed by atoms with Crippen molar-refractivity contribution in [1.29, 1.82) is 0 Å². The van der Waals surface area contributed by atoms with Gasteiger partial charge < -0.3 is 14.8 Å². The lowest BCUT2D eigenvalue weighted by Crippen LogP contribution is -2.42. The number of methoxy groups -OCH3 is 2. The maximum atomic E-state index is 11.6. The number of benzene rings is 1. The lowest BCUT2D eigenvalue weighted by atomic mass is 10.0. The monoisotopic (exact) mass is 377 g/mol. The largest absolute Gasteiger partial charge is 0.493 e. The highest BCUT2D eigenvalue weighted by molar-refractivity contribution is 9.10. The Morgan fingerprint density at radius 1 is 1.29 bits per heavy atom. The maximum absolute atomic E-state index is 11.6. The smallest absolute Gasteiger partial charge is 0.161 e. The van der Waals surface area contributed by atoms with E-state index < -0.39 is 9.84 Å². The summed E-state index contributed by atoms with van der Waals surface area (Å²) < 4.78 is 34.7. The van der Waals surface area contributed by atoms with Crippen LogP contribution in [-0.2, 0) is 16.4 Å². The number of ether oxygens (including phenoxy) is 2. The van der Waals surface area contributed by atoms with Crippen molar-refractivity contribution in [3.63, 3.8) is 0 Å². The van der Waals surface area contributed by atoms with Gasteiger partial charge in [0.25, 0.3) is 0 Å². The van der Waals surface area contributed by atoms with Crippen LogP contribution in [0.1, 0.15) is 18.9 Å². The summed E-state index contributed by atoms with van der Waals surface area (Å²) in [6.07, 6.45) is 0.639. The van der Waals surface area contributed by atoms with Crippen molar-refractivity contribution < 1.29 is 17.9 Å². The van der Waals surface area contributed by atoms with Crippen molar-refractivity contribution in [2.45, 2.75) is 25.4 Å². The first-order chi connectivity index (χ1) is 9.78. The maximum Gasteiger partial charge on any atom is 0.161 e. The lowest BCUT2D eigenvalue weighted by Gasteiger charge is -2.24. The van der Waals surface area contributed by atoms with Crippen molar-refractivity contribution in [2.75, 3.05) is 25.7 Å². The molecule has 0 saturated carbocycles. The van der Waals surface area contributed by atoms with Gasteiger partial charge in [0.05, 0.1) is 25.7 Å². The third-order valence-corrected chi connectivity index (χ3v) is 6.40. The summed E-state index contributed by atoms with van der Waals surface area (Å²) in [5.74, 6) is 1.75. The molecule has 5 nitrogen and oxygen atoms in total. The summed E-state index contributed by atoms with van der Waals surface area (Å²) in [5, 5.41) is 3.35. The van der Waals surface area contributed by atoms with Gasteiger partial charge in [-0.2, -0.15) is 0 Å². The second kappa shape index (κ2) is 6.14. The van der Waals surface area contributed by atoms with Gasteiger partial charge in [0.15, 0.2) is 21.3 Å². The van der Waals surface area contributed by atoms with E-state index in [4.69, 9.17) is 9.47 Å². The van der Waals surface area contributed by atoms with E-state index in [-0.39, 0.29) is 17.0 Å². The predicted octanol–water partition coefficient (Wildman–Crippen LogP) is 2.13. The molecule has 21 heavy (non-hydrogen) atoms. The van der Waals surface area contributed by atoms with Crippen molar-refractivity contribution in [3.8, 4) is 11.5 Å². The average molecular weight is 378 g/mol. The molecule has 1 aromatic carbocycles. The second-order valence-corrected chi connectivity index (χ2v) is 8.59. The Labute approximate surface area is 134 Å². The Morgan fingerprint density at radius 3 is 2.43 bits per heavy atom. The Balaban J connectivity index is 2.14. The molecule has 0 radical (unpaired) electrons. The van der Waals surface area contributed by atoms with Crippen LogP contribution in [-0.4, -0.2) is 39.7 Å². The third kappa shape index (κ3) is 3.90. The van der Waals surface area contributed by atoms with Crippen molar-refractivity contribution in [3.05, 3.63) is 22.2 Å². The summed E-state index contributed by atoms with van der Waals surface area (Å²) in [4.78, 5) is 0. The van der Waals surface area contributed by atoms with E-state index in [2.05, 4.69) is 21.2 Å². The minimum Gasteiger partial charge on any atom is -0.493 e. The van der Waals surface area contributed by atoms with Crippen molar-refractivity contribution in [2.24, 2.45) is 0 Å². The predicted molar refractivity (Wildman–Crippen MR) is 85.8 cm³/mol. The lowest BCUT2D eigenvalue weighted by molar-refractivity contribution is 0.353. The topological polar surface area (TPSA) is 64.6 Å². The molecule has 1 heterocycles. The van der Waals surface area contributed by atoms with E-state index in [0.717, 1.165) is 10.0 Å². The summed E-state index contributed by atoms with van der Waals surface area (Å²) in [6, 6.07) is 3.74. The summed E-state index contributed by atoms with van der Waals surface area (Å²) >= 11 is 3.51. The molecule has 1 aromatic rings. The molecule has 118 valence electrons. The van der Waals surface area contributed by atoms with E-state index in [9.17, 15) is 8.42 Å². The first kappa shape index (κ1) is 16.6. The number of hydrogen-bond donors (Lipinski definition) is 1. The molecule has 0 spiro atoms. The summed E-state index contributed by atoms with van der Waals surface area (Å²) in [6.45, 7) is 2.51. The van der Waals surface area contributed by atoms with Gasteiger partial charge >= 0.3 is 0 Å². The Bertz CT molecular complexity index is 632. The number of sulfone groups is 1. The van der Waals surface area contributed by atoms with Crippen LogP contribution in [0.15, 0.2) is 16.6 Å². The second-order valence-electron chi connectivity index (χ2n) is 5.55. The standard InChI is InChI=1S/C14H20BrNO4S/c1-14(4-5-21(17,18)9-14)16-8-10-6-12(19-2)13(20-3)7-11(10)15/h6-7,16H,4-5,8-9H2,1-3H3. The zero-order valence-electron chi connectivity index (χ0n) is 12.4. The van der Waals surface area contributed by atoms with E-state index in [1.807, 2.05) is 19.1 Å². The van der Waals surface area contributed by atoms with E-state index in [0.29, 0.717) is 24.5 Å². The molecule has 0 aliphatic carbocycles. The molecular weight excluding hydrogens is 358 g/mol. The van der Waals surface area contributed by atoms with Gasteiger partial charge in [-0.15, -0.1) is 0 Å². The van der Waals surface area contributed by atoms with Crippen LogP contribution < -0.4 is 14.8 Å². The number of nitrogens with one attached hydrogen (secondary N) is 1. The Morgan fingerprint density at radius 2 is 1.90 bits per heavy atom. The van der Waals surface area contributed by atoms with Crippen LogP contribution in [0.3, 0.4) is 0 Å². The number of hydrogen-bond acceptors (Lipinski definition) is 5. The normalized spacial score (nSPS) is 24.0. The molecule has 0 bridgehead atoms. The fourth-order valence-corrected chi connectivity index (χ4v) is 5.08. The van der Waals surface area contributed by atoms with Gasteiger partial charge in [0.2, 0.25) is 0 Å². The summed E-state index contributed by atoms with van der Waals surface area (Å²) in [7, 11) is 0.270. The molecule has 7 heteroatoms. The van der Waals surface area contributed by atoms with Crippen molar-refractivity contribution in [1.82, 2.24) is 5.32 Å². The molecule has 1 N–H and O–H groups in total. The van der Waals surface area contributed by atoms with E-state index in [1.54, 1.807) is 14.2 Å². The van der Waals surface area contributed by atoms with Crippen molar-refractivity contribution >= 4 is 25.8 Å².